The number of carboxylic acid groups (broad SMARTS) is 1. The second-order valence-electron chi connectivity index (χ2n) is 5.55. The van der Waals surface area contributed by atoms with E-state index < -0.39 is 29.2 Å². The van der Waals surface area contributed by atoms with E-state index >= 15 is 0 Å². The molecule has 0 saturated heterocycles. The quantitative estimate of drug-likeness (QED) is 0.883. The van der Waals surface area contributed by atoms with Crippen LogP contribution in [-0.2, 0) is 4.79 Å². The molecule has 0 radical (unpaired) electrons. The Morgan fingerprint density at radius 1 is 1.32 bits per heavy atom. The smallest absolute Gasteiger partial charge is 0.326 e. The van der Waals surface area contributed by atoms with Gasteiger partial charge in [0.2, 0.25) is 0 Å². The minimum Gasteiger partial charge on any atom is -0.480 e. The van der Waals surface area contributed by atoms with Gasteiger partial charge in [-0.15, -0.1) is 0 Å². The SMILES string of the molecule is Cc1cccc(C(=O)N[C@@H](C(=O)O)C(C)(C)C)c1F. The molecule has 5 heteroatoms. The van der Waals surface area contributed by atoms with Gasteiger partial charge in [-0.1, -0.05) is 32.9 Å². The third-order valence-corrected chi connectivity index (χ3v) is 2.82. The van der Waals surface area contributed by atoms with Crippen LogP contribution in [0.4, 0.5) is 4.39 Å². The number of aryl methyl sites for hydroxylation is 1. The summed E-state index contributed by atoms with van der Waals surface area (Å²) in [7, 11) is 0. The van der Waals surface area contributed by atoms with Crippen LogP contribution in [0.3, 0.4) is 0 Å². The largest absolute Gasteiger partial charge is 0.480 e. The van der Waals surface area contributed by atoms with Gasteiger partial charge in [0.05, 0.1) is 5.56 Å². The molecule has 0 bridgehead atoms. The van der Waals surface area contributed by atoms with E-state index in [4.69, 9.17) is 5.11 Å². The van der Waals surface area contributed by atoms with Crippen molar-refractivity contribution in [2.24, 2.45) is 5.41 Å². The number of nitrogens with one attached hydrogen (secondary N) is 1. The summed E-state index contributed by atoms with van der Waals surface area (Å²) in [5.41, 5.74) is -0.465. The topological polar surface area (TPSA) is 66.4 Å². The zero-order valence-corrected chi connectivity index (χ0v) is 11.5. The van der Waals surface area contributed by atoms with Crippen molar-refractivity contribution in [2.75, 3.05) is 0 Å². The molecular weight excluding hydrogens is 249 g/mol. The van der Waals surface area contributed by atoms with Crippen LogP contribution >= 0.6 is 0 Å². The van der Waals surface area contributed by atoms with Gasteiger partial charge in [-0.3, -0.25) is 4.79 Å². The fourth-order valence-electron chi connectivity index (χ4n) is 1.68. The Kier molecular flexibility index (Phi) is 4.29. The number of halogens is 1. The number of benzene rings is 1. The van der Waals surface area contributed by atoms with Gasteiger partial charge in [0.1, 0.15) is 11.9 Å². The Bertz CT molecular complexity index is 506. The lowest BCUT2D eigenvalue weighted by Gasteiger charge is -2.27. The third kappa shape index (κ3) is 3.53. The van der Waals surface area contributed by atoms with Crippen LogP contribution < -0.4 is 5.32 Å². The number of carbonyl (C=O) groups excluding carboxylic acids is 1. The monoisotopic (exact) mass is 267 g/mol. The molecule has 1 aromatic rings. The molecule has 0 aliphatic rings. The van der Waals surface area contributed by atoms with Crippen molar-refractivity contribution in [3.63, 3.8) is 0 Å². The van der Waals surface area contributed by atoms with Gasteiger partial charge in [0, 0.05) is 0 Å². The molecule has 4 nitrogen and oxygen atoms in total. The molecule has 2 N–H and O–H groups in total. The molecule has 0 fully saturated rings. The lowest BCUT2D eigenvalue weighted by molar-refractivity contribution is -0.142. The maximum Gasteiger partial charge on any atom is 0.326 e. The normalized spacial score (nSPS) is 12.9. The first kappa shape index (κ1) is 15.1. The Morgan fingerprint density at radius 2 is 1.89 bits per heavy atom. The van der Waals surface area contributed by atoms with Gasteiger partial charge in [-0.2, -0.15) is 0 Å². The first-order valence-corrected chi connectivity index (χ1v) is 5.93. The highest BCUT2D eigenvalue weighted by molar-refractivity contribution is 5.97. The summed E-state index contributed by atoms with van der Waals surface area (Å²) in [5.74, 6) is -2.49. The van der Waals surface area contributed by atoms with Gasteiger partial charge in [-0.05, 0) is 24.0 Å². The minimum absolute atomic E-state index is 0.143. The highest BCUT2D eigenvalue weighted by atomic mass is 19.1. The molecule has 0 aromatic heterocycles. The maximum atomic E-state index is 13.8. The molecule has 1 atom stereocenters. The molecular formula is C14H18FNO3. The highest BCUT2D eigenvalue weighted by Gasteiger charge is 2.33. The highest BCUT2D eigenvalue weighted by Crippen LogP contribution is 2.20. The zero-order valence-electron chi connectivity index (χ0n) is 11.5. The Morgan fingerprint density at radius 3 is 2.37 bits per heavy atom. The molecule has 0 aliphatic carbocycles. The van der Waals surface area contributed by atoms with Gasteiger partial charge in [-0.25, -0.2) is 9.18 Å². The summed E-state index contributed by atoms with van der Waals surface area (Å²) in [4.78, 5) is 23.1. The van der Waals surface area contributed by atoms with Crippen LogP contribution in [0, 0.1) is 18.2 Å². The number of hydrogen-bond donors (Lipinski definition) is 2. The van der Waals surface area contributed by atoms with Crippen LogP contribution in [0.15, 0.2) is 18.2 Å². The number of rotatable bonds is 3. The van der Waals surface area contributed by atoms with Crippen molar-refractivity contribution in [3.05, 3.63) is 35.1 Å². The summed E-state index contributed by atoms with van der Waals surface area (Å²) < 4.78 is 13.8. The standard InChI is InChI=1S/C14H18FNO3/c1-8-6-5-7-9(10(8)15)12(17)16-11(13(18)19)14(2,3)4/h5-7,11H,1-4H3,(H,16,17)(H,18,19)/t11-/m0/s1. The van der Waals surface area contributed by atoms with Crippen molar-refractivity contribution in [1.82, 2.24) is 5.32 Å². The average molecular weight is 267 g/mol. The third-order valence-electron chi connectivity index (χ3n) is 2.82. The molecule has 19 heavy (non-hydrogen) atoms. The molecule has 0 unspecified atom stereocenters. The van der Waals surface area contributed by atoms with Crippen LogP contribution in [0.5, 0.6) is 0 Å². The van der Waals surface area contributed by atoms with Crippen LogP contribution in [0.25, 0.3) is 0 Å². The second kappa shape index (κ2) is 5.38. The maximum absolute atomic E-state index is 13.8. The summed E-state index contributed by atoms with van der Waals surface area (Å²) in [6, 6.07) is 3.35. The summed E-state index contributed by atoms with van der Waals surface area (Å²) in [6.45, 7) is 6.63. The van der Waals surface area contributed by atoms with Gasteiger partial charge < -0.3 is 10.4 Å². The van der Waals surface area contributed by atoms with E-state index in [9.17, 15) is 14.0 Å². The van der Waals surface area contributed by atoms with E-state index in [0.29, 0.717) is 5.56 Å². The first-order chi connectivity index (χ1) is 8.64. The number of aliphatic carboxylic acids is 1. The Labute approximate surface area is 111 Å². The number of amides is 1. The van der Waals surface area contributed by atoms with E-state index in [2.05, 4.69) is 5.32 Å². The number of carboxylic acids is 1. The van der Waals surface area contributed by atoms with E-state index in [1.807, 2.05) is 0 Å². The number of hydrogen-bond acceptors (Lipinski definition) is 2. The lowest BCUT2D eigenvalue weighted by atomic mass is 9.86. The van der Waals surface area contributed by atoms with Crippen molar-refractivity contribution in [3.8, 4) is 0 Å². The predicted molar refractivity (Wildman–Crippen MR) is 69.5 cm³/mol. The van der Waals surface area contributed by atoms with E-state index in [-0.39, 0.29) is 5.56 Å². The van der Waals surface area contributed by atoms with Crippen molar-refractivity contribution in [2.45, 2.75) is 33.7 Å². The molecule has 0 heterocycles. The molecule has 1 amide bonds. The summed E-state index contributed by atoms with van der Waals surface area (Å²) in [5, 5.41) is 11.5. The number of carbonyl (C=O) groups is 2. The van der Waals surface area contributed by atoms with E-state index in [1.165, 1.54) is 6.07 Å². The molecule has 1 rings (SSSR count). The lowest BCUT2D eigenvalue weighted by Crippen LogP contribution is -2.49. The molecule has 0 saturated carbocycles. The fourth-order valence-corrected chi connectivity index (χ4v) is 1.68. The van der Waals surface area contributed by atoms with Crippen molar-refractivity contribution in [1.29, 1.82) is 0 Å². The van der Waals surface area contributed by atoms with Crippen LogP contribution in [0.1, 0.15) is 36.7 Å². The van der Waals surface area contributed by atoms with E-state index in [1.54, 1.807) is 39.8 Å². The Hall–Kier alpha value is -1.91. The molecule has 1 aromatic carbocycles. The van der Waals surface area contributed by atoms with E-state index in [0.717, 1.165) is 0 Å². The molecule has 0 aliphatic heterocycles. The second-order valence-corrected chi connectivity index (χ2v) is 5.55. The minimum atomic E-state index is -1.14. The first-order valence-electron chi connectivity index (χ1n) is 5.93. The molecule has 0 spiro atoms. The summed E-state index contributed by atoms with van der Waals surface area (Å²) >= 11 is 0. The van der Waals surface area contributed by atoms with Crippen molar-refractivity contribution < 1.29 is 19.1 Å². The van der Waals surface area contributed by atoms with Gasteiger partial charge in [0.25, 0.3) is 5.91 Å². The fraction of sp³-hybridized carbons (Fsp3) is 0.429. The van der Waals surface area contributed by atoms with Crippen LogP contribution in [-0.4, -0.2) is 23.0 Å². The van der Waals surface area contributed by atoms with Crippen molar-refractivity contribution >= 4 is 11.9 Å². The average Bonchev–Trinajstić information content (AvgIpc) is 2.27. The summed E-state index contributed by atoms with van der Waals surface area (Å²) in [6.07, 6.45) is 0. The van der Waals surface area contributed by atoms with Gasteiger partial charge >= 0.3 is 5.97 Å². The molecule has 104 valence electrons. The van der Waals surface area contributed by atoms with Gasteiger partial charge in [0.15, 0.2) is 0 Å². The Balaban J connectivity index is 3.02. The predicted octanol–water partition coefficient (Wildman–Crippen LogP) is 2.36. The van der Waals surface area contributed by atoms with Crippen LogP contribution in [0.2, 0.25) is 0 Å². The zero-order chi connectivity index (χ0) is 14.8.